The Kier molecular flexibility index (Phi) is 1.58. The summed E-state index contributed by atoms with van der Waals surface area (Å²) >= 11 is 0. The average Bonchev–Trinajstić information content (AvgIpc) is 2.55. The third-order valence-electron chi connectivity index (χ3n) is 2.02. The Morgan fingerprint density at radius 2 is 2.23 bits per heavy atom. The van der Waals surface area contributed by atoms with Crippen molar-refractivity contribution in [2.24, 2.45) is 7.05 Å². The molecular formula is C8H10N4O. The second-order valence-corrected chi connectivity index (χ2v) is 2.82. The van der Waals surface area contributed by atoms with Gasteiger partial charge in [0.2, 0.25) is 0 Å². The van der Waals surface area contributed by atoms with Gasteiger partial charge in [0, 0.05) is 26.5 Å². The highest BCUT2D eigenvalue weighted by atomic mass is 16.1. The lowest BCUT2D eigenvalue weighted by molar-refractivity contribution is 0.820. The van der Waals surface area contributed by atoms with Crippen LogP contribution < -0.4 is 10.9 Å². The van der Waals surface area contributed by atoms with Gasteiger partial charge in [-0.1, -0.05) is 0 Å². The van der Waals surface area contributed by atoms with Gasteiger partial charge in [-0.2, -0.15) is 5.10 Å². The summed E-state index contributed by atoms with van der Waals surface area (Å²) in [7, 11) is 3.48. The van der Waals surface area contributed by atoms with E-state index < -0.39 is 0 Å². The quantitative estimate of drug-likeness (QED) is 0.672. The van der Waals surface area contributed by atoms with Gasteiger partial charge in [0.1, 0.15) is 0 Å². The lowest BCUT2D eigenvalue weighted by atomic mass is 10.4. The molecule has 2 heterocycles. The number of nitrogens with one attached hydrogen (secondary N) is 1. The first-order valence-electron chi connectivity index (χ1n) is 3.95. The summed E-state index contributed by atoms with van der Waals surface area (Å²) in [5.41, 5.74) is 1.28. The van der Waals surface area contributed by atoms with Crippen molar-refractivity contribution < 1.29 is 0 Å². The van der Waals surface area contributed by atoms with Gasteiger partial charge in [-0.05, 0) is 0 Å². The maximum atomic E-state index is 11.6. The second kappa shape index (κ2) is 2.62. The van der Waals surface area contributed by atoms with Gasteiger partial charge >= 0.3 is 0 Å². The van der Waals surface area contributed by atoms with Gasteiger partial charge in [0.05, 0.1) is 11.9 Å². The van der Waals surface area contributed by atoms with E-state index in [-0.39, 0.29) is 5.56 Å². The van der Waals surface area contributed by atoms with E-state index in [1.54, 1.807) is 37.2 Å². The van der Waals surface area contributed by atoms with Gasteiger partial charge in [-0.25, -0.2) is 4.52 Å². The molecule has 0 spiro atoms. The zero-order chi connectivity index (χ0) is 9.42. The van der Waals surface area contributed by atoms with Crippen LogP contribution in [0, 0.1) is 0 Å². The summed E-state index contributed by atoms with van der Waals surface area (Å²) in [5.74, 6) is 0. The Morgan fingerprint density at radius 1 is 1.46 bits per heavy atom. The number of hydrogen-bond acceptors (Lipinski definition) is 3. The van der Waals surface area contributed by atoms with E-state index in [1.807, 2.05) is 0 Å². The highest BCUT2D eigenvalue weighted by molar-refractivity contribution is 5.69. The van der Waals surface area contributed by atoms with Crippen molar-refractivity contribution in [2.75, 3.05) is 12.4 Å². The zero-order valence-corrected chi connectivity index (χ0v) is 7.48. The topological polar surface area (TPSA) is 51.3 Å². The fraction of sp³-hybridized carbons (Fsp3) is 0.250. The third-order valence-corrected chi connectivity index (χ3v) is 2.02. The van der Waals surface area contributed by atoms with E-state index in [2.05, 4.69) is 10.4 Å². The van der Waals surface area contributed by atoms with Crippen molar-refractivity contribution in [2.45, 2.75) is 0 Å². The van der Waals surface area contributed by atoms with Crippen LogP contribution in [-0.2, 0) is 7.05 Å². The molecule has 0 aliphatic rings. The molecule has 0 aliphatic carbocycles. The van der Waals surface area contributed by atoms with Gasteiger partial charge < -0.3 is 9.88 Å². The molecule has 0 aliphatic heterocycles. The van der Waals surface area contributed by atoms with Crippen LogP contribution in [0.4, 0.5) is 5.69 Å². The minimum absolute atomic E-state index is 0.0515. The first-order valence-corrected chi connectivity index (χ1v) is 3.95. The number of aromatic nitrogens is 3. The summed E-state index contributed by atoms with van der Waals surface area (Å²) < 4.78 is 3.09. The van der Waals surface area contributed by atoms with Crippen LogP contribution in [0.15, 0.2) is 23.4 Å². The van der Waals surface area contributed by atoms with Crippen LogP contribution >= 0.6 is 0 Å². The van der Waals surface area contributed by atoms with Crippen molar-refractivity contribution in [3.63, 3.8) is 0 Å². The number of hydrogen-bond donors (Lipinski definition) is 1. The number of nitrogens with zero attached hydrogens (tertiary/aromatic N) is 3. The van der Waals surface area contributed by atoms with E-state index in [0.29, 0.717) is 5.52 Å². The van der Waals surface area contributed by atoms with E-state index in [9.17, 15) is 4.79 Å². The van der Waals surface area contributed by atoms with E-state index >= 15 is 0 Å². The first kappa shape index (κ1) is 7.85. The van der Waals surface area contributed by atoms with Gasteiger partial charge in [-0.15, -0.1) is 0 Å². The Bertz CT molecular complexity index is 496. The molecule has 0 amide bonds. The summed E-state index contributed by atoms with van der Waals surface area (Å²) in [4.78, 5) is 11.6. The van der Waals surface area contributed by atoms with Crippen molar-refractivity contribution in [1.82, 2.24) is 14.2 Å². The Labute approximate surface area is 74.6 Å². The third kappa shape index (κ3) is 1.00. The Hall–Kier alpha value is -1.78. The molecule has 0 radical (unpaired) electrons. The smallest absolute Gasteiger partial charge is 0.278 e. The van der Waals surface area contributed by atoms with E-state index in [1.165, 1.54) is 4.57 Å². The van der Waals surface area contributed by atoms with Crippen LogP contribution in [-0.4, -0.2) is 21.2 Å². The lowest BCUT2D eigenvalue weighted by Gasteiger charge is -1.99. The lowest BCUT2D eigenvalue weighted by Crippen LogP contribution is -2.18. The van der Waals surface area contributed by atoms with Crippen LogP contribution in [0.3, 0.4) is 0 Å². The predicted molar refractivity (Wildman–Crippen MR) is 50.0 cm³/mol. The zero-order valence-electron chi connectivity index (χ0n) is 7.48. The Morgan fingerprint density at radius 3 is 2.92 bits per heavy atom. The minimum Gasteiger partial charge on any atom is -0.385 e. The number of aryl methyl sites for hydroxylation is 1. The molecule has 5 heteroatoms. The fourth-order valence-electron chi connectivity index (χ4n) is 1.27. The van der Waals surface area contributed by atoms with Crippen LogP contribution in [0.1, 0.15) is 0 Å². The molecule has 0 unspecified atom stereocenters. The Balaban J connectivity index is 2.94. The van der Waals surface area contributed by atoms with E-state index in [0.717, 1.165) is 5.69 Å². The van der Waals surface area contributed by atoms with Crippen LogP contribution in [0.25, 0.3) is 5.52 Å². The second-order valence-electron chi connectivity index (χ2n) is 2.82. The fourth-order valence-corrected chi connectivity index (χ4v) is 1.27. The molecule has 0 aromatic carbocycles. The first-order chi connectivity index (χ1) is 6.24. The normalized spacial score (nSPS) is 10.6. The molecule has 0 bridgehead atoms. The van der Waals surface area contributed by atoms with E-state index in [4.69, 9.17) is 0 Å². The molecule has 2 aromatic heterocycles. The van der Waals surface area contributed by atoms with Crippen molar-refractivity contribution in [3.05, 3.63) is 28.9 Å². The SMILES string of the molecule is CNc1cnn2ccn(C)c(=O)c12. The van der Waals surface area contributed by atoms with Crippen LogP contribution in [0.5, 0.6) is 0 Å². The molecule has 2 aromatic rings. The molecule has 0 saturated heterocycles. The highest BCUT2D eigenvalue weighted by Crippen LogP contribution is 2.09. The van der Waals surface area contributed by atoms with Gasteiger partial charge in [-0.3, -0.25) is 4.79 Å². The maximum absolute atomic E-state index is 11.6. The molecule has 68 valence electrons. The molecule has 0 saturated carbocycles. The van der Waals surface area contributed by atoms with Gasteiger partial charge in [0.15, 0.2) is 5.52 Å². The van der Waals surface area contributed by atoms with Crippen LogP contribution in [0.2, 0.25) is 0 Å². The molecule has 5 nitrogen and oxygen atoms in total. The highest BCUT2D eigenvalue weighted by Gasteiger charge is 2.06. The number of fused-ring (bicyclic) bond motifs is 1. The molecule has 1 N–H and O–H groups in total. The van der Waals surface area contributed by atoms with Crippen molar-refractivity contribution >= 4 is 11.2 Å². The predicted octanol–water partition coefficient (Wildman–Crippen LogP) is 0.0747. The summed E-state index contributed by atoms with van der Waals surface area (Å²) in [6.07, 6.45) is 5.07. The largest absolute Gasteiger partial charge is 0.385 e. The summed E-state index contributed by atoms with van der Waals surface area (Å²) in [6.45, 7) is 0. The minimum atomic E-state index is -0.0515. The average molecular weight is 178 g/mol. The van der Waals surface area contributed by atoms with Gasteiger partial charge in [0.25, 0.3) is 5.56 Å². The van der Waals surface area contributed by atoms with Crippen molar-refractivity contribution in [1.29, 1.82) is 0 Å². The number of rotatable bonds is 1. The summed E-state index contributed by atoms with van der Waals surface area (Å²) in [5, 5.41) is 6.95. The molecule has 0 fully saturated rings. The summed E-state index contributed by atoms with van der Waals surface area (Å²) in [6, 6.07) is 0. The standard InChI is InChI=1S/C8H10N4O/c1-9-6-5-10-12-4-3-11(2)8(13)7(6)12/h3-5,9H,1-2H3. The maximum Gasteiger partial charge on any atom is 0.278 e. The number of anilines is 1. The molecule has 2 rings (SSSR count). The molecule has 0 atom stereocenters. The van der Waals surface area contributed by atoms with Crippen molar-refractivity contribution in [3.8, 4) is 0 Å². The molecule has 13 heavy (non-hydrogen) atoms. The molecular weight excluding hydrogens is 168 g/mol. The monoisotopic (exact) mass is 178 g/mol.